The summed E-state index contributed by atoms with van der Waals surface area (Å²) >= 11 is 0. The van der Waals surface area contributed by atoms with Crippen LogP contribution in [0.1, 0.15) is 19.2 Å². The number of nitrogens with one attached hydrogen (secondary N) is 1. The number of sulfonamides is 1. The van der Waals surface area contributed by atoms with Gasteiger partial charge in [-0.2, -0.15) is 4.31 Å². The first-order valence-corrected chi connectivity index (χ1v) is 10.2. The molecule has 8 heteroatoms. The van der Waals surface area contributed by atoms with Crippen molar-refractivity contribution >= 4 is 32.7 Å². The van der Waals surface area contributed by atoms with Gasteiger partial charge < -0.3 is 9.88 Å². The highest BCUT2D eigenvalue weighted by Gasteiger charge is 2.28. The fourth-order valence-corrected chi connectivity index (χ4v) is 4.84. The molecule has 0 spiro atoms. The number of aromatic nitrogens is 2. The second-order valence-corrected chi connectivity index (χ2v) is 8.50. The summed E-state index contributed by atoms with van der Waals surface area (Å²) in [6.07, 6.45) is 0.719. The number of benzene rings is 2. The Morgan fingerprint density at radius 1 is 1.07 bits per heavy atom. The zero-order chi connectivity index (χ0) is 19.0. The fourth-order valence-electron chi connectivity index (χ4n) is 3.41. The average molecular weight is 384 g/mol. The summed E-state index contributed by atoms with van der Waals surface area (Å²) in [6, 6.07) is 14.1. The van der Waals surface area contributed by atoms with Crippen LogP contribution in [0.5, 0.6) is 0 Å². The summed E-state index contributed by atoms with van der Waals surface area (Å²) in [6.45, 7) is 2.83. The molecular formula is C19H20N4O3S. The van der Waals surface area contributed by atoms with E-state index >= 15 is 0 Å². The Morgan fingerprint density at radius 3 is 2.56 bits per heavy atom. The molecule has 0 aliphatic carbocycles. The molecule has 2 heterocycles. The number of carbonyl (C=O) groups excluding carboxylic acids is 1. The molecule has 0 bridgehead atoms. The maximum absolute atomic E-state index is 13.1. The van der Waals surface area contributed by atoms with Crippen molar-refractivity contribution in [2.45, 2.75) is 31.3 Å². The Bertz CT molecular complexity index is 1100. The molecule has 1 aromatic heterocycles. The quantitative estimate of drug-likeness (QED) is 0.752. The topological polar surface area (TPSA) is 84.3 Å². The zero-order valence-electron chi connectivity index (χ0n) is 14.9. The lowest BCUT2D eigenvalue weighted by molar-refractivity contribution is -0.114. The number of anilines is 1. The van der Waals surface area contributed by atoms with Crippen LogP contribution in [-0.2, 0) is 27.9 Å². The fraction of sp³-hybridized carbons (Fsp3) is 0.263. The summed E-state index contributed by atoms with van der Waals surface area (Å²) in [5.74, 6) is 0.559. The van der Waals surface area contributed by atoms with E-state index < -0.39 is 10.0 Å². The summed E-state index contributed by atoms with van der Waals surface area (Å²) in [4.78, 5) is 16.0. The van der Waals surface area contributed by atoms with E-state index in [4.69, 9.17) is 0 Å². The highest BCUT2D eigenvalue weighted by Crippen LogP contribution is 2.25. The number of amides is 1. The standard InChI is InChI=1S/C19H20N4O3S/c1-14(24)20-15-7-9-16(10-8-15)27(25,26)22-11-4-12-23-18-6-3-2-5-17(18)21-19(23)13-22/h2-3,5-10H,4,11-13H2,1H3,(H,20,24). The monoisotopic (exact) mass is 384 g/mol. The minimum atomic E-state index is -3.64. The van der Waals surface area contributed by atoms with Crippen molar-refractivity contribution in [3.8, 4) is 0 Å². The van der Waals surface area contributed by atoms with Crippen LogP contribution >= 0.6 is 0 Å². The summed E-state index contributed by atoms with van der Waals surface area (Å²) < 4.78 is 29.8. The van der Waals surface area contributed by atoms with Crippen LogP contribution in [0.25, 0.3) is 11.0 Å². The van der Waals surface area contributed by atoms with Gasteiger partial charge in [-0.15, -0.1) is 0 Å². The van der Waals surface area contributed by atoms with Gasteiger partial charge in [-0.1, -0.05) is 12.1 Å². The third-order valence-electron chi connectivity index (χ3n) is 4.65. The van der Waals surface area contributed by atoms with Crippen molar-refractivity contribution in [3.05, 3.63) is 54.4 Å². The molecule has 27 heavy (non-hydrogen) atoms. The molecule has 0 saturated heterocycles. The molecule has 4 rings (SSSR count). The maximum atomic E-state index is 13.1. The molecule has 0 fully saturated rings. The Labute approximate surface area is 157 Å². The summed E-state index contributed by atoms with van der Waals surface area (Å²) in [5, 5.41) is 2.64. The van der Waals surface area contributed by atoms with Gasteiger partial charge in [0.05, 0.1) is 22.5 Å². The molecule has 0 unspecified atom stereocenters. The molecule has 0 radical (unpaired) electrons. The molecule has 1 amide bonds. The van der Waals surface area contributed by atoms with Crippen molar-refractivity contribution in [2.75, 3.05) is 11.9 Å². The Kier molecular flexibility index (Phi) is 4.45. The largest absolute Gasteiger partial charge is 0.327 e. The average Bonchev–Trinajstić information content (AvgIpc) is 2.84. The molecule has 140 valence electrons. The van der Waals surface area contributed by atoms with Gasteiger partial charge in [-0.05, 0) is 42.8 Å². The first-order chi connectivity index (χ1) is 12.9. The summed E-state index contributed by atoms with van der Waals surface area (Å²) in [7, 11) is -3.64. The van der Waals surface area contributed by atoms with E-state index in [-0.39, 0.29) is 17.3 Å². The van der Waals surface area contributed by atoms with Crippen LogP contribution in [0, 0.1) is 0 Å². The Balaban J connectivity index is 1.64. The van der Waals surface area contributed by atoms with E-state index in [1.54, 1.807) is 12.1 Å². The molecule has 3 aromatic rings. The number of fused-ring (bicyclic) bond motifs is 3. The molecule has 0 atom stereocenters. The van der Waals surface area contributed by atoms with Gasteiger partial charge in [-0.3, -0.25) is 4.79 Å². The van der Waals surface area contributed by atoms with Crippen molar-refractivity contribution in [2.24, 2.45) is 0 Å². The minimum Gasteiger partial charge on any atom is -0.327 e. The van der Waals surface area contributed by atoms with Gasteiger partial charge in [0.15, 0.2) is 0 Å². The van der Waals surface area contributed by atoms with Crippen molar-refractivity contribution in [1.82, 2.24) is 13.9 Å². The Morgan fingerprint density at radius 2 is 1.81 bits per heavy atom. The van der Waals surface area contributed by atoms with Crippen LogP contribution in [0.15, 0.2) is 53.4 Å². The van der Waals surface area contributed by atoms with Gasteiger partial charge in [-0.25, -0.2) is 13.4 Å². The number of imidazole rings is 1. The molecule has 2 aromatic carbocycles. The smallest absolute Gasteiger partial charge is 0.243 e. The van der Waals surface area contributed by atoms with Crippen LogP contribution in [0.2, 0.25) is 0 Å². The van der Waals surface area contributed by atoms with Crippen LogP contribution in [-0.4, -0.2) is 34.7 Å². The molecule has 7 nitrogen and oxygen atoms in total. The lowest BCUT2D eigenvalue weighted by Crippen LogP contribution is -2.31. The number of carbonyl (C=O) groups is 1. The lowest BCUT2D eigenvalue weighted by Gasteiger charge is -2.19. The molecule has 1 aliphatic rings. The third kappa shape index (κ3) is 3.33. The van der Waals surface area contributed by atoms with Crippen LogP contribution < -0.4 is 5.32 Å². The number of nitrogens with zero attached hydrogens (tertiary/aromatic N) is 3. The van der Waals surface area contributed by atoms with Crippen molar-refractivity contribution < 1.29 is 13.2 Å². The first-order valence-electron chi connectivity index (χ1n) is 8.77. The minimum absolute atomic E-state index is 0.197. The van der Waals surface area contributed by atoms with Crippen molar-refractivity contribution in [1.29, 1.82) is 0 Å². The second kappa shape index (κ2) is 6.79. The van der Waals surface area contributed by atoms with Crippen LogP contribution in [0.4, 0.5) is 5.69 Å². The van der Waals surface area contributed by atoms with Crippen molar-refractivity contribution in [3.63, 3.8) is 0 Å². The number of aryl methyl sites for hydroxylation is 1. The highest BCUT2D eigenvalue weighted by molar-refractivity contribution is 7.89. The van der Waals surface area contributed by atoms with Gasteiger partial charge in [0.2, 0.25) is 15.9 Å². The lowest BCUT2D eigenvalue weighted by atomic mass is 10.3. The van der Waals surface area contributed by atoms with E-state index in [1.165, 1.54) is 23.4 Å². The van der Waals surface area contributed by atoms with Gasteiger partial charge in [0.25, 0.3) is 0 Å². The van der Waals surface area contributed by atoms with E-state index in [0.717, 1.165) is 29.8 Å². The van der Waals surface area contributed by atoms with E-state index in [0.29, 0.717) is 12.2 Å². The number of para-hydroxylation sites is 2. The predicted molar refractivity (Wildman–Crippen MR) is 103 cm³/mol. The zero-order valence-corrected chi connectivity index (χ0v) is 15.7. The number of hydrogen-bond donors (Lipinski definition) is 1. The number of rotatable bonds is 3. The molecular weight excluding hydrogens is 364 g/mol. The maximum Gasteiger partial charge on any atom is 0.243 e. The highest BCUT2D eigenvalue weighted by atomic mass is 32.2. The van der Waals surface area contributed by atoms with Gasteiger partial charge in [0, 0.05) is 25.7 Å². The van der Waals surface area contributed by atoms with Gasteiger partial charge in [0.1, 0.15) is 5.82 Å². The Hall–Kier alpha value is -2.71. The normalized spacial score (nSPS) is 15.3. The molecule has 0 saturated carbocycles. The molecule has 1 aliphatic heterocycles. The third-order valence-corrected chi connectivity index (χ3v) is 6.51. The number of hydrogen-bond acceptors (Lipinski definition) is 4. The van der Waals surface area contributed by atoms with Crippen LogP contribution in [0.3, 0.4) is 0 Å². The first kappa shape index (κ1) is 17.7. The van der Waals surface area contributed by atoms with Gasteiger partial charge >= 0.3 is 0 Å². The van der Waals surface area contributed by atoms with E-state index in [2.05, 4.69) is 14.9 Å². The molecule has 1 N–H and O–H groups in total. The summed E-state index contributed by atoms with van der Waals surface area (Å²) in [5.41, 5.74) is 2.48. The second-order valence-electron chi connectivity index (χ2n) is 6.57. The SMILES string of the molecule is CC(=O)Nc1ccc(S(=O)(=O)N2CCCn3c(nc4ccccc43)C2)cc1. The van der Waals surface area contributed by atoms with E-state index in [1.807, 2.05) is 24.3 Å². The predicted octanol–water partition coefficient (Wildman–Crippen LogP) is 2.59. The van der Waals surface area contributed by atoms with E-state index in [9.17, 15) is 13.2 Å².